The molecule has 2 atom stereocenters. The Kier molecular flexibility index (Phi) is 5.83. The van der Waals surface area contributed by atoms with Crippen LogP contribution in [0, 0.1) is 5.92 Å². The zero-order chi connectivity index (χ0) is 15.1. The molecule has 0 saturated carbocycles. The van der Waals surface area contributed by atoms with Crippen molar-refractivity contribution in [2.75, 3.05) is 32.8 Å². The van der Waals surface area contributed by atoms with Crippen LogP contribution in [0.2, 0.25) is 0 Å². The second-order valence-corrected chi connectivity index (χ2v) is 4.96. The van der Waals surface area contributed by atoms with Crippen LogP contribution >= 0.6 is 0 Å². The van der Waals surface area contributed by atoms with Crippen molar-refractivity contribution in [3.8, 4) is 11.5 Å². The summed E-state index contributed by atoms with van der Waals surface area (Å²) in [4.78, 5) is 11.8. The van der Waals surface area contributed by atoms with Gasteiger partial charge < -0.3 is 25.2 Å². The Labute approximate surface area is 124 Å². The van der Waals surface area contributed by atoms with Crippen LogP contribution in [0.1, 0.15) is 6.92 Å². The fourth-order valence-electron chi connectivity index (χ4n) is 2.21. The van der Waals surface area contributed by atoms with Gasteiger partial charge in [-0.2, -0.15) is 0 Å². The van der Waals surface area contributed by atoms with E-state index in [0.29, 0.717) is 31.2 Å². The molecule has 3 N–H and O–H groups in total. The molecule has 6 nitrogen and oxygen atoms in total. The number of β-amino-alcohol motifs (C(OH)–C–C–N with tert-alkyl or cyclic N) is 1. The predicted molar refractivity (Wildman–Crippen MR) is 78.5 cm³/mol. The molecule has 1 fully saturated rings. The molecule has 0 radical (unpaired) electrons. The summed E-state index contributed by atoms with van der Waals surface area (Å²) < 4.78 is 10.9. The van der Waals surface area contributed by atoms with Crippen molar-refractivity contribution in [3.63, 3.8) is 0 Å². The van der Waals surface area contributed by atoms with Crippen molar-refractivity contribution in [1.82, 2.24) is 10.6 Å². The first-order valence-corrected chi connectivity index (χ1v) is 7.20. The SMILES string of the molecule is CCOc1ccccc1OCC(=O)NCC1CNCC1O. The third kappa shape index (κ3) is 4.61. The number of nitrogens with one attached hydrogen (secondary N) is 2. The molecule has 0 bridgehead atoms. The number of para-hydroxylation sites is 2. The van der Waals surface area contributed by atoms with Crippen molar-refractivity contribution in [1.29, 1.82) is 0 Å². The topological polar surface area (TPSA) is 79.8 Å². The summed E-state index contributed by atoms with van der Waals surface area (Å²) in [7, 11) is 0. The maximum absolute atomic E-state index is 11.8. The minimum absolute atomic E-state index is 0.0599. The molecule has 1 aliphatic rings. The van der Waals surface area contributed by atoms with Crippen molar-refractivity contribution in [2.45, 2.75) is 13.0 Å². The number of aliphatic hydroxyl groups excluding tert-OH is 1. The maximum Gasteiger partial charge on any atom is 0.257 e. The first-order chi connectivity index (χ1) is 10.2. The second kappa shape index (κ2) is 7.85. The Balaban J connectivity index is 1.76. The Morgan fingerprint density at radius 2 is 2.05 bits per heavy atom. The summed E-state index contributed by atoms with van der Waals surface area (Å²) in [5, 5.41) is 15.5. The number of rotatable bonds is 7. The van der Waals surface area contributed by atoms with Crippen molar-refractivity contribution in [3.05, 3.63) is 24.3 Å². The standard InChI is InChI=1S/C15H22N2O4/c1-2-20-13-5-3-4-6-14(13)21-10-15(19)17-8-11-7-16-9-12(11)18/h3-6,11-12,16,18H,2,7-10H2,1H3,(H,17,19). The van der Waals surface area contributed by atoms with Gasteiger partial charge in [-0.15, -0.1) is 0 Å². The molecule has 1 aliphatic heterocycles. The molecular formula is C15H22N2O4. The van der Waals surface area contributed by atoms with Crippen LogP contribution in [0.25, 0.3) is 0 Å². The third-order valence-corrected chi connectivity index (χ3v) is 3.37. The number of hydrogen-bond donors (Lipinski definition) is 3. The Bertz CT molecular complexity index is 467. The zero-order valence-electron chi connectivity index (χ0n) is 12.2. The lowest BCUT2D eigenvalue weighted by Gasteiger charge is -2.15. The van der Waals surface area contributed by atoms with Gasteiger partial charge in [-0.3, -0.25) is 4.79 Å². The van der Waals surface area contributed by atoms with Crippen LogP contribution in [0.3, 0.4) is 0 Å². The van der Waals surface area contributed by atoms with Crippen LogP contribution in [-0.4, -0.2) is 50.0 Å². The summed E-state index contributed by atoms with van der Waals surface area (Å²) in [5.74, 6) is 1.03. The normalized spacial score (nSPS) is 21.0. The van der Waals surface area contributed by atoms with E-state index in [1.807, 2.05) is 19.1 Å². The molecule has 21 heavy (non-hydrogen) atoms. The third-order valence-electron chi connectivity index (χ3n) is 3.37. The molecule has 0 spiro atoms. The van der Waals surface area contributed by atoms with Gasteiger partial charge in [0.25, 0.3) is 5.91 Å². The lowest BCUT2D eigenvalue weighted by atomic mass is 10.1. The number of ether oxygens (including phenoxy) is 2. The maximum atomic E-state index is 11.8. The largest absolute Gasteiger partial charge is 0.490 e. The first-order valence-electron chi connectivity index (χ1n) is 7.20. The lowest BCUT2D eigenvalue weighted by molar-refractivity contribution is -0.123. The Morgan fingerprint density at radius 1 is 1.33 bits per heavy atom. The molecule has 1 heterocycles. The molecule has 1 aromatic rings. The average molecular weight is 294 g/mol. The van der Waals surface area contributed by atoms with Gasteiger partial charge in [0.1, 0.15) is 0 Å². The minimum atomic E-state index is -0.398. The van der Waals surface area contributed by atoms with Crippen LogP contribution < -0.4 is 20.1 Å². The van der Waals surface area contributed by atoms with Crippen molar-refractivity contribution in [2.24, 2.45) is 5.92 Å². The minimum Gasteiger partial charge on any atom is -0.490 e. The van der Waals surface area contributed by atoms with E-state index in [0.717, 1.165) is 6.54 Å². The van der Waals surface area contributed by atoms with E-state index in [1.54, 1.807) is 12.1 Å². The quantitative estimate of drug-likeness (QED) is 0.667. The number of hydrogen-bond acceptors (Lipinski definition) is 5. The van der Waals surface area contributed by atoms with Gasteiger partial charge in [0.2, 0.25) is 0 Å². The van der Waals surface area contributed by atoms with E-state index in [-0.39, 0.29) is 18.4 Å². The Hall–Kier alpha value is -1.79. The highest BCUT2D eigenvalue weighted by Crippen LogP contribution is 2.26. The predicted octanol–water partition coefficient (Wildman–Crippen LogP) is 0.161. The number of carbonyl (C=O) groups excluding carboxylic acids is 1. The number of carbonyl (C=O) groups is 1. The number of amides is 1. The average Bonchev–Trinajstić information content (AvgIpc) is 2.90. The molecule has 2 unspecified atom stereocenters. The molecule has 1 aromatic carbocycles. The highest BCUT2D eigenvalue weighted by atomic mass is 16.5. The zero-order valence-corrected chi connectivity index (χ0v) is 12.2. The number of benzene rings is 1. The van der Waals surface area contributed by atoms with E-state index < -0.39 is 6.10 Å². The highest BCUT2D eigenvalue weighted by Gasteiger charge is 2.25. The molecule has 0 aliphatic carbocycles. The van der Waals surface area contributed by atoms with Gasteiger partial charge in [-0.25, -0.2) is 0 Å². The second-order valence-electron chi connectivity index (χ2n) is 4.96. The van der Waals surface area contributed by atoms with Crippen molar-refractivity contribution >= 4 is 5.91 Å². The fraction of sp³-hybridized carbons (Fsp3) is 0.533. The molecule has 1 amide bonds. The van der Waals surface area contributed by atoms with E-state index in [4.69, 9.17) is 9.47 Å². The first kappa shape index (κ1) is 15.6. The fourth-order valence-corrected chi connectivity index (χ4v) is 2.21. The van der Waals surface area contributed by atoms with Gasteiger partial charge in [0.05, 0.1) is 12.7 Å². The molecule has 2 rings (SSSR count). The lowest BCUT2D eigenvalue weighted by Crippen LogP contribution is -2.36. The van der Waals surface area contributed by atoms with Gasteiger partial charge in [-0.05, 0) is 19.1 Å². The van der Waals surface area contributed by atoms with E-state index in [1.165, 1.54) is 0 Å². The molecular weight excluding hydrogens is 272 g/mol. The van der Waals surface area contributed by atoms with Crippen molar-refractivity contribution < 1.29 is 19.4 Å². The van der Waals surface area contributed by atoms with Gasteiger partial charge in [0, 0.05) is 25.6 Å². The van der Waals surface area contributed by atoms with Gasteiger partial charge >= 0.3 is 0 Å². The van der Waals surface area contributed by atoms with Crippen LogP contribution in [0.5, 0.6) is 11.5 Å². The summed E-state index contributed by atoms with van der Waals surface area (Å²) in [6, 6.07) is 7.25. The molecule has 1 saturated heterocycles. The molecule has 6 heteroatoms. The van der Waals surface area contributed by atoms with E-state index in [2.05, 4.69) is 10.6 Å². The highest BCUT2D eigenvalue weighted by molar-refractivity contribution is 5.77. The summed E-state index contributed by atoms with van der Waals surface area (Å²) in [5.41, 5.74) is 0. The molecule has 0 aromatic heterocycles. The monoisotopic (exact) mass is 294 g/mol. The van der Waals surface area contributed by atoms with Crippen LogP contribution in [0.15, 0.2) is 24.3 Å². The van der Waals surface area contributed by atoms with E-state index in [9.17, 15) is 9.90 Å². The summed E-state index contributed by atoms with van der Waals surface area (Å²) >= 11 is 0. The van der Waals surface area contributed by atoms with Crippen LogP contribution in [0.4, 0.5) is 0 Å². The Morgan fingerprint density at radius 3 is 2.67 bits per heavy atom. The van der Waals surface area contributed by atoms with Crippen LogP contribution in [-0.2, 0) is 4.79 Å². The van der Waals surface area contributed by atoms with Gasteiger partial charge in [-0.1, -0.05) is 12.1 Å². The smallest absolute Gasteiger partial charge is 0.257 e. The summed E-state index contributed by atoms with van der Waals surface area (Å²) in [6.45, 7) is 4.11. The van der Waals surface area contributed by atoms with E-state index >= 15 is 0 Å². The summed E-state index contributed by atoms with van der Waals surface area (Å²) in [6.07, 6.45) is -0.398. The van der Waals surface area contributed by atoms with Gasteiger partial charge in [0.15, 0.2) is 18.1 Å². The molecule has 116 valence electrons. The number of aliphatic hydroxyl groups is 1.